The van der Waals surface area contributed by atoms with Crippen LogP contribution in [0.2, 0.25) is 5.02 Å². The number of benzene rings is 2. The molecule has 0 spiro atoms. The average Bonchev–Trinajstić information content (AvgIpc) is 2.60. The highest BCUT2D eigenvalue weighted by Gasteiger charge is 2.28. The molecule has 7 heteroatoms. The summed E-state index contributed by atoms with van der Waals surface area (Å²) in [7, 11) is -3.92. The average molecular weight is 409 g/mol. The zero-order valence-electron chi connectivity index (χ0n) is 15.8. The molecular formula is C20H25ClN2O3S. The Morgan fingerprint density at radius 2 is 1.74 bits per heavy atom. The number of amides is 1. The standard InChI is InChI=1S/C20H25ClN2O3S/c1-15(2)12-13-22-20(24)14-23(19-7-5-4-6-16(19)3)27(25,26)18-10-8-17(21)9-11-18/h4-11,15H,12-14H2,1-3H3,(H,22,24). The number of rotatable bonds is 8. The van der Waals surface area contributed by atoms with E-state index in [9.17, 15) is 13.2 Å². The molecule has 0 heterocycles. The lowest BCUT2D eigenvalue weighted by molar-refractivity contribution is -0.119. The van der Waals surface area contributed by atoms with E-state index in [-0.39, 0.29) is 17.3 Å². The van der Waals surface area contributed by atoms with Crippen LogP contribution in [0.1, 0.15) is 25.8 Å². The number of nitrogens with zero attached hydrogens (tertiary/aromatic N) is 1. The summed E-state index contributed by atoms with van der Waals surface area (Å²) in [5, 5.41) is 3.25. The van der Waals surface area contributed by atoms with E-state index in [0.29, 0.717) is 23.2 Å². The molecule has 0 saturated carbocycles. The molecule has 146 valence electrons. The number of hydrogen-bond acceptors (Lipinski definition) is 3. The van der Waals surface area contributed by atoms with Crippen LogP contribution in [0, 0.1) is 12.8 Å². The van der Waals surface area contributed by atoms with Crippen molar-refractivity contribution in [2.24, 2.45) is 5.92 Å². The fraction of sp³-hybridized carbons (Fsp3) is 0.350. The third-order valence-electron chi connectivity index (χ3n) is 4.12. The second kappa shape index (κ2) is 9.24. The molecule has 1 amide bonds. The molecule has 5 nitrogen and oxygen atoms in total. The normalized spacial score (nSPS) is 11.4. The first-order chi connectivity index (χ1) is 12.7. The fourth-order valence-electron chi connectivity index (χ4n) is 2.56. The Bertz CT molecular complexity index is 880. The van der Waals surface area contributed by atoms with Crippen molar-refractivity contribution in [3.63, 3.8) is 0 Å². The zero-order valence-corrected chi connectivity index (χ0v) is 17.3. The van der Waals surface area contributed by atoms with Crippen molar-refractivity contribution in [1.82, 2.24) is 5.32 Å². The van der Waals surface area contributed by atoms with Crippen molar-refractivity contribution in [1.29, 1.82) is 0 Å². The summed E-state index contributed by atoms with van der Waals surface area (Å²) >= 11 is 5.88. The summed E-state index contributed by atoms with van der Waals surface area (Å²) in [5.41, 5.74) is 1.25. The Morgan fingerprint density at radius 3 is 2.33 bits per heavy atom. The molecule has 0 unspecified atom stereocenters. The lowest BCUT2D eigenvalue weighted by atomic mass is 10.1. The van der Waals surface area contributed by atoms with E-state index in [0.717, 1.165) is 16.3 Å². The third kappa shape index (κ3) is 5.71. The molecule has 2 aromatic rings. The molecule has 2 rings (SSSR count). The van der Waals surface area contributed by atoms with Gasteiger partial charge in [-0.25, -0.2) is 8.42 Å². The van der Waals surface area contributed by atoms with E-state index in [1.165, 1.54) is 24.3 Å². The number of para-hydroxylation sites is 1. The van der Waals surface area contributed by atoms with Gasteiger partial charge in [-0.2, -0.15) is 0 Å². The van der Waals surface area contributed by atoms with Crippen LogP contribution in [0.4, 0.5) is 5.69 Å². The van der Waals surface area contributed by atoms with Gasteiger partial charge in [0.05, 0.1) is 10.6 Å². The van der Waals surface area contributed by atoms with Crippen molar-refractivity contribution < 1.29 is 13.2 Å². The Morgan fingerprint density at radius 1 is 1.11 bits per heavy atom. The largest absolute Gasteiger partial charge is 0.355 e. The third-order valence-corrected chi connectivity index (χ3v) is 6.14. The maximum Gasteiger partial charge on any atom is 0.264 e. The van der Waals surface area contributed by atoms with E-state index < -0.39 is 10.0 Å². The quantitative estimate of drug-likeness (QED) is 0.717. The van der Waals surface area contributed by atoms with Crippen LogP contribution >= 0.6 is 11.6 Å². The molecule has 0 radical (unpaired) electrons. The summed E-state index contributed by atoms with van der Waals surface area (Å²) < 4.78 is 27.6. The van der Waals surface area contributed by atoms with Crippen LogP contribution in [0.15, 0.2) is 53.4 Å². The first-order valence-electron chi connectivity index (χ1n) is 8.82. The van der Waals surface area contributed by atoms with Crippen LogP contribution < -0.4 is 9.62 Å². The molecule has 2 aromatic carbocycles. The molecule has 0 aliphatic heterocycles. The summed E-state index contributed by atoms with van der Waals surface area (Å²) in [6.45, 7) is 6.18. The summed E-state index contributed by atoms with van der Waals surface area (Å²) in [6, 6.07) is 13.0. The van der Waals surface area contributed by atoms with Crippen molar-refractivity contribution >= 4 is 33.2 Å². The van der Waals surface area contributed by atoms with Crippen molar-refractivity contribution in [2.75, 3.05) is 17.4 Å². The van der Waals surface area contributed by atoms with Gasteiger partial charge in [0.1, 0.15) is 6.54 Å². The highest BCUT2D eigenvalue weighted by molar-refractivity contribution is 7.92. The summed E-state index contributed by atoms with van der Waals surface area (Å²) in [5.74, 6) is 0.118. The predicted octanol–water partition coefficient (Wildman–Crippen LogP) is 4.01. The van der Waals surface area contributed by atoms with Gasteiger partial charge in [-0.3, -0.25) is 9.10 Å². The number of hydrogen-bond donors (Lipinski definition) is 1. The molecule has 0 atom stereocenters. The first-order valence-corrected chi connectivity index (χ1v) is 10.6. The van der Waals surface area contributed by atoms with E-state index in [1.807, 2.05) is 19.1 Å². The van der Waals surface area contributed by atoms with Crippen LogP contribution in [0.3, 0.4) is 0 Å². The van der Waals surface area contributed by atoms with E-state index in [1.54, 1.807) is 12.1 Å². The predicted molar refractivity (Wildman–Crippen MR) is 110 cm³/mol. The number of carbonyl (C=O) groups excluding carboxylic acids is 1. The summed E-state index contributed by atoms with van der Waals surface area (Å²) in [6.07, 6.45) is 0.833. The Balaban J connectivity index is 2.34. The van der Waals surface area contributed by atoms with Gasteiger partial charge in [-0.05, 0) is 55.2 Å². The van der Waals surface area contributed by atoms with Gasteiger partial charge >= 0.3 is 0 Å². The van der Waals surface area contributed by atoms with E-state index in [4.69, 9.17) is 11.6 Å². The maximum absolute atomic E-state index is 13.2. The number of carbonyl (C=O) groups is 1. The molecule has 0 fully saturated rings. The van der Waals surface area contributed by atoms with Crippen molar-refractivity contribution in [3.8, 4) is 0 Å². The number of sulfonamides is 1. The molecule has 0 aromatic heterocycles. The SMILES string of the molecule is Cc1ccccc1N(CC(=O)NCCC(C)C)S(=O)(=O)c1ccc(Cl)cc1. The summed E-state index contributed by atoms with van der Waals surface area (Å²) in [4.78, 5) is 12.5. The van der Waals surface area contributed by atoms with Gasteiger partial charge in [0.15, 0.2) is 0 Å². The van der Waals surface area contributed by atoms with Gasteiger partial charge in [-0.15, -0.1) is 0 Å². The molecule has 0 aliphatic carbocycles. The van der Waals surface area contributed by atoms with Gasteiger partial charge in [-0.1, -0.05) is 43.6 Å². The second-order valence-electron chi connectivity index (χ2n) is 6.78. The Kier molecular flexibility index (Phi) is 7.27. The van der Waals surface area contributed by atoms with Crippen LogP contribution in [0.5, 0.6) is 0 Å². The molecular weight excluding hydrogens is 384 g/mol. The molecule has 27 heavy (non-hydrogen) atoms. The fourth-order valence-corrected chi connectivity index (χ4v) is 4.17. The molecule has 0 saturated heterocycles. The highest BCUT2D eigenvalue weighted by atomic mass is 35.5. The van der Waals surface area contributed by atoms with E-state index in [2.05, 4.69) is 19.2 Å². The Hall–Kier alpha value is -2.05. The number of aryl methyl sites for hydroxylation is 1. The van der Waals surface area contributed by atoms with Gasteiger partial charge < -0.3 is 5.32 Å². The minimum absolute atomic E-state index is 0.0881. The molecule has 1 N–H and O–H groups in total. The van der Waals surface area contributed by atoms with Gasteiger partial charge in [0.25, 0.3) is 10.0 Å². The number of anilines is 1. The van der Waals surface area contributed by atoms with Crippen molar-refractivity contribution in [2.45, 2.75) is 32.1 Å². The van der Waals surface area contributed by atoms with Crippen LogP contribution in [-0.4, -0.2) is 27.4 Å². The smallest absolute Gasteiger partial charge is 0.264 e. The number of nitrogens with one attached hydrogen (secondary N) is 1. The minimum Gasteiger partial charge on any atom is -0.355 e. The lowest BCUT2D eigenvalue weighted by Gasteiger charge is -2.25. The van der Waals surface area contributed by atoms with Crippen molar-refractivity contribution in [3.05, 3.63) is 59.1 Å². The topological polar surface area (TPSA) is 66.5 Å². The Labute approximate surface area is 166 Å². The minimum atomic E-state index is -3.92. The first kappa shape index (κ1) is 21.3. The van der Waals surface area contributed by atoms with Crippen LogP contribution in [0.25, 0.3) is 0 Å². The zero-order chi connectivity index (χ0) is 20.0. The van der Waals surface area contributed by atoms with Gasteiger partial charge in [0.2, 0.25) is 5.91 Å². The maximum atomic E-state index is 13.2. The monoisotopic (exact) mass is 408 g/mol. The van der Waals surface area contributed by atoms with Crippen LogP contribution in [-0.2, 0) is 14.8 Å². The molecule has 0 aliphatic rings. The second-order valence-corrected chi connectivity index (χ2v) is 9.08. The number of halogens is 1. The highest BCUT2D eigenvalue weighted by Crippen LogP contribution is 2.27. The van der Waals surface area contributed by atoms with Gasteiger partial charge in [0, 0.05) is 11.6 Å². The molecule has 0 bridgehead atoms. The lowest BCUT2D eigenvalue weighted by Crippen LogP contribution is -2.41. The van der Waals surface area contributed by atoms with E-state index >= 15 is 0 Å².